The van der Waals surface area contributed by atoms with Crippen LogP contribution in [0, 0.1) is 19.4 Å². The lowest BCUT2D eigenvalue weighted by Gasteiger charge is -2.30. The highest BCUT2D eigenvalue weighted by Crippen LogP contribution is 2.27. The average molecular weight is 508 g/mol. The Bertz CT molecular complexity index is 1120. The van der Waals surface area contributed by atoms with Gasteiger partial charge in [0.2, 0.25) is 5.91 Å². The first-order valence-electron chi connectivity index (χ1n) is 12.4. The molecule has 0 aliphatic heterocycles. The molecule has 0 radical (unpaired) electrons. The van der Waals surface area contributed by atoms with Crippen molar-refractivity contribution in [3.05, 3.63) is 65.2 Å². The summed E-state index contributed by atoms with van der Waals surface area (Å²) >= 11 is 0. The number of hydrogen-bond acceptors (Lipinski definition) is 5. The van der Waals surface area contributed by atoms with Gasteiger partial charge in [0.1, 0.15) is 23.4 Å². The van der Waals surface area contributed by atoms with Crippen LogP contribution in [-0.2, 0) is 20.7 Å². The lowest BCUT2D eigenvalue weighted by molar-refractivity contribution is -0.138. The van der Waals surface area contributed by atoms with Gasteiger partial charge in [0, 0.05) is 19.0 Å². The summed E-state index contributed by atoms with van der Waals surface area (Å²) in [5.74, 6) is -1.04. The number of amides is 3. The molecule has 2 aromatic rings. The Morgan fingerprint density at radius 1 is 1.14 bits per heavy atom. The van der Waals surface area contributed by atoms with Crippen LogP contribution in [0.1, 0.15) is 63.3 Å². The molecular formula is C29H37N3O5. The number of nitrogens with one attached hydrogen (secondary N) is 2. The Kier molecular flexibility index (Phi) is 10.6. The van der Waals surface area contributed by atoms with Crippen LogP contribution in [0.25, 0.3) is 0 Å². The molecule has 8 nitrogen and oxygen atoms in total. The van der Waals surface area contributed by atoms with Crippen molar-refractivity contribution in [2.24, 2.45) is 0 Å². The average Bonchev–Trinajstić information content (AvgIpc) is 2.83. The molecular weight excluding hydrogens is 470 g/mol. The van der Waals surface area contributed by atoms with Gasteiger partial charge in [0.25, 0.3) is 5.91 Å². The van der Waals surface area contributed by atoms with Gasteiger partial charge in [-0.1, -0.05) is 56.2 Å². The van der Waals surface area contributed by atoms with Crippen LogP contribution in [0.5, 0.6) is 5.75 Å². The van der Waals surface area contributed by atoms with Gasteiger partial charge in [0.15, 0.2) is 0 Å². The van der Waals surface area contributed by atoms with Crippen LogP contribution in [0.2, 0.25) is 0 Å². The quantitative estimate of drug-likeness (QED) is 0.254. The molecule has 0 aliphatic carbocycles. The summed E-state index contributed by atoms with van der Waals surface area (Å²) in [5, 5.41) is 15.5. The number of alkyl carbamates (subject to hydrolysis) is 1. The molecule has 37 heavy (non-hydrogen) atoms. The SMILES string of the molecule is C#CN(C(=O)C(Cc1ccccc1)NC(=O)OC(C)(C)C)C(C(=O)NCCCC)c1ccc(O)c(C)c1. The smallest absolute Gasteiger partial charge is 0.408 e. The molecule has 0 heterocycles. The summed E-state index contributed by atoms with van der Waals surface area (Å²) < 4.78 is 5.38. The molecule has 0 saturated carbocycles. The van der Waals surface area contributed by atoms with Gasteiger partial charge in [-0.05, 0) is 62.9 Å². The van der Waals surface area contributed by atoms with E-state index in [2.05, 4.69) is 16.7 Å². The van der Waals surface area contributed by atoms with Crippen LogP contribution in [0.15, 0.2) is 48.5 Å². The fourth-order valence-electron chi connectivity index (χ4n) is 3.68. The Labute approximate surface area is 219 Å². The minimum atomic E-state index is -1.17. The fraction of sp³-hybridized carbons (Fsp3) is 0.414. The van der Waals surface area contributed by atoms with Crippen molar-refractivity contribution in [1.82, 2.24) is 15.5 Å². The van der Waals surface area contributed by atoms with Crippen LogP contribution < -0.4 is 10.6 Å². The van der Waals surface area contributed by atoms with Gasteiger partial charge in [-0.25, -0.2) is 4.79 Å². The summed E-state index contributed by atoms with van der Waals surface area (Å²) in [5.41, 5.74) is 0.979. The second kappa shape index (κ2) is 13.4. The van der Waals surface area contributed by atoms with Gasteiger partial charge < -0.3 is 20.5 Å². The normalized spacial score (nSPS) is 12.5. The highest BCUT2D eigenvalue weighted by molar-refractivity contribution is 5.93. The maximum Gasteiger partial charge on any atom is 0.408 e. The van der Waals surface area contributed by atoms with E-state index in [0.29, 0.717) is 17.7 Å². The predicted molar refractivity (Wildman–Crippen MR) is 142 cm³/mol. The number of unbranched alkanes of at least 4 members (excludes halogenated alkanes) is 1. The molecule has 0 bridgehead atoms. The van der Waals surface area contributed by atoms with E-state index < -0.39 is 35.6 Å². The summed E-state index contributed by atoms with van der Waals surface area (Å²) in [6, 6.07) is 13.9. The Balaban J connectivity index is 2.47. The zero-order valence-corrected chi connectivity index (χ0v) is 22.2. The molecule has 2 aromatic carbocycles. The van der Waals surface area contributed by atoms with E-state index in [4.69, 9.17) is 11.2 Å². The van der Waals surface area contributed by atoms with E-state index in [-0.39, 0.29) is 12.2 Å². The van der Waals surface area contributed by atoms with Crippen LogP contribution in [0.4, 0.5) is 4.79 Å². The summed E-state index contributed by atoms with van der Waals surface area (Å²) in [6.07, 6.45) is 6.81. The number of terminal acetylenes is 1. The van der Waals surface area contributed by atoms with Crippen molar-refractivity contribution in [2.45, 2.75) is 71.6 Å². The number of nitrogens with zero attached hydrogens (tertiary/aromatic N) is 1. The standard InChI is InChI=1S/C29H37N3O5/c1-7-9-17-30-26(34)25(22-15-16-24(33)20(3)18-22)32(8-2)27(35)23(19-21-13-11-10-12-14-21)31-28(36)37-29(4,5)6/h2,10-16,18,23,25,33H,7,9,17,19H2,1,3-6H3,(H,30,34)(H,31,36). The van der Waals surface area contributed by atoms with Crippen molar-refractivity contribution >= 4 is 17.9 Å². The van der Waals surface area contributed by atoms with Crippen LogP contribution >= 0.6 is 0 Å². The molecule has 3 N–H and O–H groups in total. The first-order valence-corrected chi connectivity index (χ1v) is 12.4. The number of carbonyl (C=O) groups is 3. The van der Waals surface area contributed by atoms with Crippen molar-refractivity contribution in [1.29, 1.82) is 0 Å². The molecule has 0 aromatic heterocycles. The second-order valence-electron chi connectivity index (χ2n) is 9.82. The molecule has 8 heteroatoms. The van der Waals surface area contributed by atoms with Gasteiger partial charge >= 0.3 is 6.09 Å². The number of hydrogen-bond donors (Lipinski definition) is 3. The first kappa shape index (κ1) is 29.2. The minimum absolute atomic E-state index is 0.0565. The van der Waals surface area contributed by atoms with Gasteiger partial charge in [-0.3, -0.25) is 14.5 Å². The third-order valence-electron chi connectivity index (χ3n) is 5.52. The largest absolute Gasteiger partial charge is 0.508 e. The number of rotatable bonds is 10. The molecule has 2 unspecified atom stereocenters. The maximum atomic E-state index is 13.9. The molecule has 0 aliphatic rings. The number of carbonyl (C=O) groups excluding carboxylic acids is 3. The third-order valence-corrected chi connectivity index (χ3v) is 5.52. The second-order valence-corrected chi connectivity index (χ2v) is 9.82. The minimum Gasteiger partial charge on any atom is -0.508 e. The Morgan fingerprint density at radius 3 is 2.38 bits per heavy atom. The Hall–Kier alpha value is -3.99. The molecule has 3 amide bonds. The highest BCUT2D eigenvalue weighted by atomic mass is 16.6. The van der Waals surface area contributed by atoms with Crippen molar-refractivity contribution < 1.29 is 24.2 Å². The van der Waals surface area contributed by atoms with E-state index >= 15 is 0 Å². The third kappa shape index (κ3) is 8.87. The van der Waals surface area contributed by atoms with Gasteiger partial charge in [-0.2, -0.15) is 0 Å². The summed E-state index contributed by atoms with van der Waals surface area (Å²) in [6.45, 7) is 9.27. The number of aromatic hydroxyl groups is 1. The number of phenols is 1. The number of benzene rings is 2. The predicted octanol–water partition coefficient (Wildman–Crippen LogP) is 4.21. The van der Waals surface area contributed by atoms with Gasteiger partial charge in [0.05, 0.1) is 0 Å². The maximum absolute atomic E-state index is 13.9. The zero-order valence-electron chi connectivity index (χ0n) is 22.2. The van der Waals surface area contributed by atoms with Crippen LogP contribution in [0.3, 0.4) is 0 Å². The molecule has 198 valence electrons. The molecule has 0 spiro atoms. The number of ether oxygens (including phenoxy) is 1. The summed E-state index contributed by atoms with van der Waals surface area (Å²) in [4.78, 5) is 40.8. The zero-order chi connectivity index (χ0) is 27.6. The van der Waals surface area contributed by atoms with Crippen LogP contribution in [-0.4, -0.2) is 46.1 Å². The molecule has 2 atom stereocenters. The van der Waals surface area contributed by atoms with Gasteiger partial charge in [-0.15, -0.1) is 0 Å². The molecule has 0 fully saturated rings. The topological polar surface area (TPSA) is 108 Å². The highest BCUT2D eigenvalue weighted by Gasteiger charge is 2.36. The van der Waals surface area contributed by atoms with E-state index in [0.717, 1.165) is 23.3 Å². The Morgan fingerprint density at radius 2 is 1.81 bits per heavy atom. The number of phenolic OH excluding ortho intramolecular Hbond substituents is 1. The van der Waals surface area contributed by atoms with Crippen molar-refractivity contribution in [3.63, 3.8) is 0 Å². The van der Waals surface area contributed by atoms with Crippen molar-refractivity contribution in [2.75, 3.05) is 6.54 Å². The first-order chi connectivity index (χ1) is 17.5. The van der Waals surface area contributed by atoms with E-state index in [1.807, 2.05) is 37.3 Å². The van der Waals surface area contributed by atoms with E-state index in [1.54, 1.807) is 39.8 Å². The van der Waals surface area contributed by atoms with E-state index in [1.165, 1.54) is 6.07 Å². The monoisotopic (exact) mass is 507 g/mol. The lowest BCUT2D eigenvalue weighted by Crippen LogP contribution is -2.52. The van der Waals surface area contributed by atoms with E-state index in [9.17, 15) is 19.5 Å². The molecule has 0 saturated heterocycles. The van der Waals surface area contributed by atoms with Crippen molar-refractivity contribution in [3.8, 4) is 18.2 Å². The summed E-state index contributed by atoms with van der Waals surface area (Å²) in [7, 11) is 0. The number of aryl methyl sites for hydroxylation is 1. The fourth-order valence-corrected chi connectivity index (χ4v) is 3.68. The lowest BCUT2D eigenvalue weighted by atomic mass is 9.99. The molecule has 2 rings (SSSR count).